The molecule has 0 fully saturated rings. The number of methoxy groups -OCH3 is 3. The van der Waals surface area contributed by atoms with Crippen molar-refractivity contribution in [2.45, 2.75) is 62.8 Å². The highest BCUT2D eigenvalue weighted by Crippen LogP contribution is 2.51. The van der Waals surface area contributed by atoms with Gasteiger partial charge in [-0.05, 0) is 116 Å². The van der Waals surface area contributed by atoms with Crippen LogP contribution in [-0.4, -0.2) is 56.0 Å². The molecular weight excluding hydrogens is 1040 g/mol. The number of rotatable bonds is 23. The lowest BCUT2D eigenvalue weighted by Gasteiger charge is -2.31. The second kappa shape index (κ2) is 29.4. The Balaban J connectivity index is 0.000000227. The number of H-pyrrole nitrogens is 1. The van der Waals surface area contributed by atoms with Crippen LogP contribution in [0.1, 0.15) is 58.2 Å². The molecule has 1 amide bonds. The number of carbonyl (C=O) groups is 1. The van der Waals surface area contributed by atoms with Crippen LogP contribution in [-0.2, 0) is 48.0 Å². The van der Waals surface area contributed by atoms with Crippen LogP contribution < -0.4 is 29.6 Å². The Labute approximate surface area is 477 Å². The van der Waals surface area contributed by atoms with E-state index in [4.69, 9.17) is 23.9 Å². The number of nitrogens with one attached hydrogen (secondary N) is 3. The molecule has 0 aliphatic heterocycles. The lowest BCUT2D eigenvalue weighted by atomic mass is 9.73. The number of aromatic amines is 1. The molecule has 9 nitrogen and oxygen atoms in total. The van der Waals surface area contributed by atoms with Gasteiger partial charge in [-0.1, -0.05) is 199 Å². The summed E-state index contributed by atoms with van der Waals surface area (Å²) in [5.41, 5.74) is 14.0. The van der Waals surface area contributed by atoms with Gasteiger partial charge in [-0.2, -0.15) is 0 Å². The zero-order valence-corrected chi connectivity index (χ0v) is 48.1. The molecule has 1 aliphatic rings. The van der Waals surface area contributed by atoms with E-state index >= 15 is 0 Å². The van der Waals surface area contributed by atoms with Crippen LogP contribution in [0.15, 0.2) is 205 Å². The normalized spacial score (nSPS) is 11.6. The SMILES string of the molecule is COc1ccc(CCNC(=O)C2(CCCCSc3nc(-c4ccccc4)c(-c4ccccc4)[nH]3)c3ccccc3-c3ccccc32)cc1.COc1ccc(CCNCc2ccc(OCc3ccc(C)cc3)cc2OC)cc1.P=S. The number of benzene rings is 8. The van der Waals surface area contributed by atoms with Gasteiger partial charge in [0, 0.05) is 41.6 Å². The maximum absolute atomic E-state index is 14.4. The van der Waals surface area contributed by atoms with E-state index in [0.29, 0.717) is 13.2 Å². The van der Waals surface area contributed by atoms with Crippen LogP contribution in [0.3, 0.4) is 0 Å². The number of ether oxygens (including phenoxy) is 4. The molecule has 1 aliphatic carbocycles. The summed E-state index contributed by atoms with van der Waals surface area (Å²) in [5, 5.41) is 7.74. The largest absolute Gasteiger partial charge is 0.497 e. The van der Waals surface area contributed by atoms with Gasteiger partial charge >= 0.3 is 0 Å². The number of unbranched alkanes of at least 4 members (excludes halogenated alkanes) is 1. The van der Waals surface area contributed by atoms with Gasteiger partial charge in [0.1, 0.15) is 35.0 Å². The van der Waals surface area contributed by atoms with Gasteiger partial charge in [0.05, 0.1) is 32.7 Å². The van der Waals surface area contributed by atoms with Crippen molar-refractivity contribution in [1.82, 2.24) is 20.6 Å². The number of aryl methyl sites for hydroxylation is 1. The lowest BCUT2D eigenvalue weighted by Crippen LogP contribution is -2.45. The van der Waals surface area contributed by atoms with E-state index in [0.717, 1.165) is 141 Å². The summed E-state index contributed by atoms with van der Waals surface area (Å²) in [5.74, 6) is 4.34. The standard InChI is InChI=1S/C42H39N3O2S.C25H29NO3.HPS/c1-47-33-24-22-30(23-25-33)26-28-43-40(46)42(36-20-10-8-18-34(36)35-19-9-11-21-37(35)42)27-12-13-29-48-41-44-38(31-14-4-2-5-15-31)39(45-41)32-16-6-3-7-17-32;1-19-4-6-21(7-5-19)18-29-24-13-10-22(25(16-24)28-3)17-26-15-14-20-8-11-23(27-2)12-9-20;1-2/h2-11,14-25H,12-13,26-29H2,1H3,(H,43,46)(H,44,45);4-13,16,26H,14-15,17-18H2,1-3H3;1H. The third kappa shape index (κ3) is 15.0. The van der Waals surface area contributed by atoms with E-state index in [1.165, 1.54) is 11.1 Å². The van der Waals surface area contributed by atoms with Crippen molar-refractivity contribution in [3.8, 4) is 56.6 Å². The van der Waals surface area contributed by atoms with Crippen molar-refractivity contribution in [2.75, 3.05) is 40.2 Å². The first-order chi connectivity index (χ1) is 38.8. The van der Waals surface area contributed by atoms with E-state index in [1.54, 1.807) is 33.1 Å². The Bertz CT molecular complexity index is 3220. The third-order valence-corrected chi connectivity index (χ3v) is 15.1. The molecule has 0 saturated heterocycles. The second-order valence-electron chi connectivity index (χ2n) is 19.2. The van der Waals surface area contributed by atoms with Gasteiger partial charge in [0.2, 0.25) is 5.91 Å². The summed E-state index contributed by atoms with van der Waals surface area (Å²) in [7, 11) is 7.61. The van der Waals surface area contributed by atoms with Gasteiger partial charge < -0.3 is 34.6 Å². The fourth-order valence-electron chi connectivity index (χ4n) is 9.98. The summed E-state index contributed by atoms with van der Waals surface area (Å²) >= 11 is 5.63. The number of carbonyl (C=O) groups excluding carboxylic acids is 1. The molecule has 404 valence electrons. The zero-order chi connectivity index (χ0) is 55.2. The summed E-state index contributed by atoms with van der Waals surface area (Å²) in [4.78, 5) is 23.1. The summed E-state index contributed by atoms with van der Waals surface area (Å²) in [6.07, 6.45) is 4.31. The van der Waals surface area contributed by atoms with E-state index in [9.17, 15) is 4.79 Å². The fraction of sp³-hybridized carbons (Fsp3) is 0.224. The molecule has 0 unspecified atom stereocenters. The van der Waals surface area contributed by atoms with Crippen LogP contribution in [0.5, 0.6) is 23.0 Å². The summed E-state index contributed by atoms with van der Waals surface area (Å²) in [6, 6.07) is 68.2. The molecule has 12 heteroatoms. The van der Waals surface area contributed by atoms with Crippen molar-refractivity contribution in [1.29, 1.82) is 0 Å². The van der Waals surface area contributed by atoms with Gasteiger partial charge in [0.15, 0.2) is 5.16 Å². The van der Waals surface area contributed by atoms with Crippen molar-refractivity contribution < 1.29 is 23.7 Å². The molecule has 1 aromatic heterocycles. The van der Waals surface area contributed by atoms with Gasteiger partial charge in [-0.25, -0.2) is 4.98 Å². The topological polar surface area (TPSA) is 107 Å². The van der Waals surface area contributed by atoms with Gasteiger partial charge in [-0.15, -0.1) is 0 Å². The predicted molar refractivity (Wildman–Crippen MR) is 329 cm³/mol. The second-order valence-corrected chi connectivity index (χ2v) is 20.3. The number of aromatic nitrogens is 2. The molecule has 0 saturated carbocycles. The molecule has 0 radical (unpaired) electrons. The number of imidazole rings is 1. The number of nitrogens with zero attached hydrogens (tertiary/aromatic N) is 1. The minimum atomic E-state index is -0.733. The molecule has 8 aromatic carbocycles. The van der Waals surface area contributed by atoms with Crippen LogP contribution in [0.4, 0.5) is 0 Å². The third-order valence-electron chi connectivity index (χ3n) is 14.1. The summed E-state index contributed by atoms with van der Waals surface area (Å²) < 4.78 is 22.0. The first-order valence-corrected chi connectivity index (χ1v) is 29.3. The van der Waals surface area contributed by atoms with Crippen molar-refractivity contribution in [3.63, 3.8) is 0 Å². The quantitative estimate of drug-likeness (QED) is 0.0328. The highest BCUT2D eigenvalue weighted by atomic mass is 32.4. The zero-order valence-electron chi connectivity index (χ0n) is 45.4. The molecule has 0 bridgehead atoms. The maximum Gasteiger partial charge on any atom is 0.235 e. The highest BCUT2D eigenvalue weighted by molar-refractivity contribution is 7.99. The maximum atomic E-state index is 14.4. The Morgan fingerprint density at radius 2 is 1.15 bits per heavy atom. The number of thioether (sulfide) groups is 1. The molecule has 10 rings (SSSR count). The Morgan fingerprint density at radius 3 is 1.75 bits per heavy atom. The summed E-state index contributed by atoms with van der Waals surface area (Å²) in [6.45, 7) is 4.83. The van der Waals surface area contributed by atoms with Crippen molar-refractivity contribution in [3.05, 3.63) is 239 Å². The molecule has 3 N–H and O–H groups in total. The molecule has 0 spiro atoms. The predicted octanol–water partition coefficient (Wildman–Crippen LogP) is 14.9. The Morgan fingerprint density at radius 1 is 0.608 bits per heavy atom. The van der Waals surface area contributed by atoms with Crippen molar-refractivity contribution in [2.24, 2.45) is 0 Å². The number of hydrogen-bond donors (Lipinski definition) is 3. The van der Waals surface area contributed by atoms with Crippen LogP contribution in [0.2, 0.25) is 0 Å². The van der Waals surface area contributed by atoms with E-state index < -0.39 is 5.41 Å². The van der Waals surface area contributed by atoms with E-state index in [-0.39, 0.29) is 5.91 Å². The molecule has 0 atom stereocenters. The van der Waals surface area contributed by atoms with Gasteiger partial charge in [-0.3, -0.25) is 4.79 Å². The lowest BCUT2D eigenvalue weighted by molar-refractivity contribution is -0.125. The number of fused-ring (bicyclic) bond motifs is 3. The average Bonchev–Trinajstić information content (AvgIpc) is 4.05. The number of hydrogen-bond acceptors (Lipinski definition) is 9. The fourth-order valence-corrected chi connectivity index (χ4v) is 10.8. The Kier molecular flexibility index (Phi) is 21.5. The minimum absolute atomic E-state index is 0.0760. The Hall–Kier alpha value is -7.53. The van der Waals surface area contributed by atoms with Crippen LogP contribution in [0, 0.1) is 6.92 Å². The molecule has 9 aromatic rings. The molecule has 79 heavy (non-hydrogen) atoms. The first kappa shape index (κ1) is 57.6. The van der Waals surface area contributed by atoms with Crippen LogP contribution >= 0.6 is 19.8 Å². The average molecular weight is 1110 g/mol. The monoisotopic (exact) mass is 1100 g/mol. The smallest absolute Gasteiger partial charge is 0.235 e. The minimum Gasteiger partial charge on any atom is -0.497 e. The number of amides is 1. The van der Waals surface area contributed by atoms with Gasteiger partial charge in [0.25, 0.3) is 0 Å². The van der Waals surface area contributed by atoms with E-state index in [2.05, 4.69) is 194 Å². The molecule has 1 heterocycles. The van der Waals surface area contributed by atoms with Crippen LogP contribution in [0.25, 0.3) is 33.6 Å². The first-order valence-electron chi connectivity index (χ1n) is 26.7. The van der Waals surface area contributed by atoms with E-state index in [1.807, 2.05) is 48.5 Å². The molecular formula is C67H69N4O5PS2. The van der Waals surface area contributed by atoms with Crippen molar-refractivity contribution >= 4 is 37.5 Å². The highest BCUT2D eigenvalue weighted by Gasteiger charge is 2.48.